The van der Waals surface area contributed by atoms with Crippen LogP contribution in [0.25, 0.3) is 0 Å². The Bertz CT molecular complexity index is 766. The molecule has 0 saturated heterocycles. The van der Waals surface area contributed by atoms with Gasteiger partial charge in [-0.15, -0.1) is 0 Å². The van der Waals surface area contributed by atoms with Crippen molar-refractivity contribution in [2.75, 3.05) is 5.32 Å². The van der Waals surface area contributed by atoms with Gasteiger partial charge in [0.2, 0.25) is 5.91 Å². The number of aryl methyl sites for hydroxylation is 1. The Morgan fingerprint density at radius 3 is 2.46 bits per heavy atom. The van der Waals surface area contributed by atoms with Crippen LogP contribution in [-0.4, -0.2) is 17.0 Å². The number of carboxylic acid groups (broad SMARTS) is 1. The van der Waals surface area contributed by atoms with Crippen molar-refractivity contribution in [1.82, 2.24) is 0 Å². The van der Waals surface area contributed by atoms with E-state index in [0.717, 1.165) is 11.1 Å². The normalized spacial score (nSPS) is 14.7. The van der Waals surface area contributed by atoms with Crippen LogP contribution in [0.1, 0.15) is 24.0 Å². The van der Waals surface area contributed by atoms with Crippen LogP contribution in [0.5, 0.6) is 5.75 Å². The van der Waals surface area contributed by atoms with Crippen molar-refractivity contribution in [2.24, 2.45) is 5.41 Å². The molecule has 124 valence electrons. The van der Waals surface area contributed by atoms with Gasteiger partial charge in [0.05, 0.1) is 0 Å². The maximum atomic E-state index is 12.2. The molecule has 1 amide bonds. The Balaban J connectivity index is 1.64. The zero-order valence-corrected chi connectivity index (χ0v) is 13.4. The standard InChI is InChI=1S/C19H19NO4/c1-13-11-15(24-12-14-5-3-2-4-6-14)7-8-16(13)20-17(21)19(9-10-19)18(22)23/h2-8,11H,9-10,12H2,1H3,(H,20,21)(H,22,23). The molecule has 5 nitrogen and oxygen atoms in total. The maximum absolute atomic E-state index is 12.2. The third-order valence-electron chi connectivity index (χ3n) is 4.29. The van der Waals surface area contributed by atoms with E-state index in [0.29, 0.717) is 30.9 Å². The van der Waals surface area contributed by atoms with Crippen LogP contribution in [-0.2, 0) is 16.2 Å². The summed E-state index contributed by atoms with van der Waals surface area (Å²) in [6.45, 7) is 2.32. The van der Waals surface area contributed by atoms with Gasteiger partial charge in [0.1, 0.15) is 17.8 Å². The summed E-state index contributed by atoms with van der Waals surface area (Å²) >= 11 is 0. The predicted molar refractivity (Wildman–Crippen MR) is 89.9 cm³/mol. The van der Waals surface area contributed by atoms with Crippen LogP contribution in [0.3, 0.4) is 0 Å². The molecule has 0 radical (unpaired) electrons. The minimum absolute atomic E-state index is 0.394. The summed E-state index contributed by atoms with van der Waals surface area (Å²) < 4.78 is 5.74. The summed E-state index contributed by atoms with van der Waals surface area (Å²) in [4.78, 5) is 23.4. The molecule has 0 bridgehead atoms. The molecule has 1 saturated carbocycles. The highest BCUT2D eigenvalue weighted by atomic mass is 16.5. The molecule has 0 spiro atoms. The molecule has 2 aromatic carbocycles. The first-order valence-corrected chi connectivity index (χ1v) is 7.83. The molecule has 1 aliphatic rings. The predicted octanol–water partition coefficient (Wildman–Crippen LogP) is 3.38. The summed E-state index contributed by atoms with van der Waals surface area (Å²) in [7, 11) is 0. The van der Waals surface area contributed by atoms with E-state index in [-0.39, 0.29) is 0 Å². The first kappa shape index (κ1) is 16.1. The van der Waals surface area contributed by atoms with Crippen molar-refractivity contribution in [2.45, 2.75) is 26.4 Å². The molecule has 2 N–H and O–H groups in total. The second-order valence-corrected chi connectivity index (χ2v) is 6.09. The highest BCUT2D eigenvalue weighted by Crippen LogP contribution is 2.46. The minimum atomic E-state index is -1.24. The van der Waals surface area contributed by atoms with Gasteiger partial charge in [-0.1, -0.05) is 30.3 Å². The van der Waals surface area contributed by atoms with Crippen molar-refractivity contribution in [1.29, 1.82) is 0 Å². The minimum Gasteiger partial charge on any atom is -0.489 e. The fourth-order valence-corrected chi connectivity index (χ4v) is 2.51. The molecule has 0 aromatic heterocycles. The number of carboxylic acids is 1. The van der Waals surface area contributed by atoms with Gasteiger partial charge in [0.15, 0.2) is 0 Å². The van der Waals surface area contributed by atoms with Gasteiger partial charge < -0.3 is 15.2 Å². The molecule has 0 aliphatic heterocycles. The molecule has 0 unspecified atom stereocenters. The van der Waals surface area contributed by atoms with E-state index in [1.165, 1.54) is 0 Å². The average Bonchev–Trinajstić information content (AvgIpc) is 3.38. The number of carbonyl (C=O) groups excluding carboxylic acids is 1. The lowest BCUT2D eigenvalue weighted by Crippen LogP contribution is -2.31. The number of amides is 1. The molecular weight excluding hydrogens is 306 g/mol. The van der Waals surface area contributed by atoms with E-state index >= 15 is 0 Å². The van der Waals surface area contributed by atoms with Gasteiger partial charge in [-0.2, -0.15) is 0 Å². The zero-order chi connectivity index (χ0) is 17.2. The van der Waals surface area contributed by atoms with Crippen LogP contribution in [0, 0.1) is 12.3 Å². The summed E-state index contributed by atoms with van der Waals surface area (Å²) in [5.74, 6) is -0.801. The van der Waals surface area contributed by atoms with Crippen molar-refractivity contribution in [3.05, 3.63) is 59.7 Å². The highest BCUT2D eigenvalue weighted by Gasteiger charge is 2.57. The fraction of sp³-hybridized carbons (Fsp3) is 0.263. The van der Waals surface area contributed by atoms with Crippen molar-refractivity contribution < 1.29 is 19.4 Å². The van der Waals surface area contributed by atoms with Crippen LogP contribution >= 0.6 is 0 Å². The second kappa shape index (κ2) is 6.35. The number of benzene rings is 2. The van der Waals surface area contributed by atoms with Crippen molar-refractivity contribution >= 4 is 17.6 Å². The Labute approximate surface area is 140 Å². The monoisotopic (exact) mass is 325 g/mol. The first-order valence-electron chi connectivity index (χ1n) is 7.83. The molecule has 24 heavy (non-hydrogen) atoms. The summed E-state index contributed by atoms with van der Waals surface area (Å²) in [6.07, 6.45) is 0.789. The van der Waals surface area contributed by atoms with Gasteiger partial charge in [-0.25, -0.2) is 0 Å². The van der Waals surface area contributed by atoms with Crippen LogP contribution in [0.2, 0.25) is 0 Å². The first-order chi connectivity index (χ1) is 11.5. The van der Waals surface area contributed by atoms with E-state index < -0.39 is 17.3 Å². The zero-order valence-electron chi connectivity index (χ0n) is 13.4. The van der Waals surface area contributed by atoms with Gasteiger partial charge in [-0.3, -0.25) is 9.59 Å². The molecule has 2 aromatic rings. The molecule has 1 fully saturated rings. The number of carbonyl (C=O) groups is 2. The largest absolute Gasteiger partial charge is 0.489 e. The topological polar surface area (TPSA) is 75.6 Å². The second-order valence-electron chi connectivity index (χ2n) is 6.09. The SMILES string of the molecule is Cc1cc(OCc2ccccc2)ccc1NC(=O)C1(C(=O)O)CC1. The summed E-state index contributed by atoms with van der Waals surface area (Å²) in [6, 6.07) is 15.2. The van der Waals surface area contributed by atoms with Crippen LogP contribution < -0.4 is 10.1 Å². The number of anilines is 1. The Morgan fingerprint density at radius 2 is 1.88 bits per heavy atom. The molecule has 3 rings (SSSR count). The third kappa shape index (κ3) is 3.25. The lowest BCUT2D eigenvalue weighted by Gasteiger charge is -2.14. The van der Waals surface area contributed by atoms with E-state index in [4.69, 9.17) is 9.84 Å². The van der Waals surface area contributed by atoms with E-state index in [9.17, 15) is 9.59 Å². The van der Waals surface area contributed by atoms with Crippen molar-refractivity contribution in [3.63, 3.8) is 0 Å². The van der Waals surface area contributed by atoms with Gasteiger partial charge in [-0.05, 0) is 49.1 Å². The molecule has 0 atom stereocenters. The lowest BCUT2D eigenvalue weighted by molar-refractivity contribution is -0.147. The number of ether oxygens (including phenoxy) is 1. The lowest BCUT2D eigenvalue weighted by atomic mass is 10.1. The molecule has 0 heterocycles. The summed E-state index contributed by atoms with van der Waals surface area (Å²) in [5.41, 5.74) is 1.27. The molecule has 5 heteroatoms. The number of hydrogen-bond acceptors (Lipinski definition) is 3. The third-order valence-corrected chi connectivity index (χ3v) is 4.29. The quantitative estimate of drug-likeness (QED) is 0.798. The highest BCUT2D eigenvalue weighted by molar-refractivity contribution is 6.11. The fourth-order valence-electron chi connectivity index (χ4n) is 2.51. The van der Waals surface area contributed by atoms with E-state index in [1.54, 1.807) is 12.1 Å². The number of nitrogens with one attached hydrogen (secondary N) is 1. The maximum Gasteiger partial charge on any atom is 0.319 e. The number of aliphatic carboxylic acids is 1. The Kier molecular flexibility index (Phi) is 4.25. The van der Waals surface area contributed by atoms with Crippen LogP contribution in [0.4, 0.5) is 5.69 Å². The van der Waals surface area contributed by atoms with E-state index in [2.05, 4.69) is 5.32 Å². The van der Waals surface area contributed by atoms with Gasteiger partial charge in [0.25, 0.3) is 0 Å². The Morgan fingerprint density at radius 1 is 1.17 bits per heavy atom. The molecular formula is C19H19NO4. The van der Waals surface area contributed by atoms with Gasteiger partial charge >= 0.3 is 5.97 Å². The van der Waals surface area contributed by atoms with E-state index in [1.807, 2.05) is 43.3 Å². The average molecular weight is 325 g/mol. The number of rotatable bonds is 6. The smallest absolute Gasteiger partial charge is 0.319 e. The Hall–Kier alpha value is -2.82. The number of hydrogen-bond donors (Lipinski definition) is 2. The van der Waals surface area contributed by atoms with Crippen LogP contribution in [0.15, 0.2) is 48.5 Å². The van der Waals surface area contributed by atoms with Gasteiger partial charge in [0, 0.05) is 5.69 Å². The van der Waals surface area contributed by atoms with Crippen molar-refractivity contribution in [3.8, 4) is 5.75 Å². The summed E-state index contributed by atoms with van der Waals surface area (Å²) in [5, 5.41) is 11.9. The molecule has 1 aliphatic carbocycles.